The molecule has 18 heavy (non-hydrogen) atoms. The van der Waals surface area contributed by atoms with Gasteiger partial charge in [0.25, 0.3) is 5.69 Å². The first kappa shape index (κ1) is 10.6. The molecule has 0 aliphatic carbocycles. The van der Waals surface area contributed by atoms with Crippen molar-refractivity contribution in [1.82, 2.24) is 4.98 Å². The quantitative estimate of drug-likeness (QED) is 0.554. The fraction of sp³-hybridized carbons (Fsp3) is 0.0769. The molecule has 1 N–H and O–H groups in total. The molecule has 0 aliphatic heterocycles. The molecule has 0 aliphatic rings. The first-order chi connectivity index (χ1) is 8.72. The summed E-state index contributed by atoms with van der Waals surface area (Å²) in [5, 5.41) is 12.8. The summed E-state index contributed by atoms with van der Waals surface area (Å²) >= 11 is 0. The van der Waals surface area contributed by atoms with Gasteiger partial charge in [0.15, 0.2) is 0 Å². The molecule has 2 aromatic carbocycles. The molecule has 0 bridgehead atoms. The fourth-order valence-corrected chi connectivity index (χ4v) is 2.23. The summed E-state index contributed by atoms with van der Waals surface area (Å²) < 4.78 is 5.26. The molecule has 3 rings (SSSR count). The van der Waals surface area contributed by atoms with Crippen LogP contribution in [0.15, 0.2) is 36.4 Å². The van der Waals surface area contributed by atoms with Gasteiger partial charge in [0, 0.05) is 16.8 Å². The lowest BCUT2D eigenvalue weighted by molar-refractivity contribution is -0.383. The van der Waals surface area contributed by atoms with Crippen molar-refractivity contribution in [1.29, 1.82) is 0 Å². The minimum Gasteiger partial charge on any atom is -0.495 e. The van der Waals surface area contributed by atoms with Gasteiger partial charge in [0.2, 0.25) is 0 Å². The van der Waals surface area contributed by atoms with Crippen molar-refractivity contribution in [2.24, 2.45) is 0 Å². The largest absolute Gasteiger partial charge is 0.495 e. The molecule has 1 aromatic heterocycles. The molecule has 0 atom stereocenters. The number of aromatic nitrogens is 1. The first-order valence-electron chi connectivity index (χ1n) is 5.44. The zero-order valence-corrected chi connectivity index (χ0v) is 9.64. The van der Waals surface area contributed by atoms with Crippen LogP contribution in [0.25, 0.3) is 21.8 Å². The van der Waals surface area contributed by atoms with E-state index in [2.05, 4.69) is 4.98 Å². The highest BCUT2D eigenvalue weighted by molar-refractivity contribution is 6.11. The summed E-state index contributed by atoms with van der Waals surface area (Å²) in [5.74, 6) is 0.679. The van der Waals surface area contributed by atoms with Crippen LogP contribution < -0.4 is 4.74 Å². The molecule has 90 valence electrons. The molecular formula is C13H10N2O3. The maximum absolute atomic E-state index is 11.0. The summed E-state index contributed by atoms with van der Waals surface area (Å²) in [7, 11) is 1.58. The number of fused-ring (bicyclic) bond motifs is 3. The molecule has 0 unspecified atom stereocenters. The van der Waals surface area contributed by atoms with Crippen molar-refractivity contribution >= 4 is 27.5 Å². The molecule has 0 saturated carbocycles. The van der Waals surface area contributed by atoms with Gasteiger partial charge in [-0.2, -0.15) is 0 Å². The van der Waals surface area contributed by atoms with Crippen molar-refractivity contribution in [2.45, 2.75) is 0 Å². The first-order valence-corrected chi connectivity index (χ1v) is 5.44. The number of ether oxygens (including phenoxy) is 1. The van der Waals surface area contributed by atoms with E-state index in [1.54, 1.807) is 13.2 Å². The predicted molar refractivity (Wildman–Crippen MR) is 69.0 cm³/mol. The minimum atomic E-state index is -0.385. The molecule has 0 amide bonds. The number of H-pyrrole nitrogens is 1. The number of methoxy groups -OCH3 is 1. The fourth-order valence-electron chi connectivity index (χ4n) is 2.23. The van der Waals surface area contributed by atoms with E-state index in [1.165, 1.54) is 6.07 Å². The van der Waals surface area contributed by atoms with E-state index in [0.29, 0.717) is 11.3 Å². The molecular weight excluding hydrogens is 232 g/mol. The lowest BCUT2D eigenvalue weighted by Crippen LogP contribution is -1.88. The summed E-state index contributed by atoms with van der Waals surface area (Å²) in [6, 6.07) is 10.6. The van der Waals surface area contributed by atoms with E-state index in [0.717, 1.165) is 16.3 Å². The number of nitrogens with one attached hydrogen (secondary N) is 1. The van der Waals surface area contributed by atoms with Gasteiger partial charge in [-0.25, -0.2) is 0 Å². The van der Waals surface area contributed by atoms with E-state index >= 15 is 0 Å². The van der Waals surface area contributed by atoms with Crippen LogP contribution in [0.4, 0.5) is 5.69 Å². The van der Waals surface area contributed by atoms with Crippen LogP contribution in [0.2, 0.25) is 0 Å². The molecule has 0 radical (unpaired) electrons. The lowest BCUT2D eigenvalue weighted by Gasteiger charge is -1.99. The number of para-hydroxylation sites is 2. The minimum absolute atomic E-state index is 0.0748. The van der Waals surface area contributed by atoms with Crippen LogP contribution in [0.3, 0.4) is 0 Å². The van der Waals surface area contributed by atoms with Gasteiger partial charge < -0.3 is 9.72 Å². The van der Waals surface area contributed by atoms with Crippen LogP contribution in [-0.4, -0.2) is 17.0 Å². The normalized spacial score (nSPS) is 10.9. The number of hydrogen-bond donors (Lipinski definition) is 1. The summed E-state index contributed by atoms with van der Waals surface area (Å²) in [4.78, 5) is 13.7. The van der Waals surface area contributed by atoms with Crippen LogP contribution in [-0.2, 0) is 0 Å². The number of rotatable bonds is 2. The number of non-ortho nitro benzene ring substituents is 1. The van der Waals surface area contributed by atoms with Gasteiger partial charge in [-0.05, 0) is 6.07 Å². The standard InChI is InChI=1S/C13H10N2O3/c1-18-11-7-3-5-9-8-4-2-6-10(15(16)17)12(8)14-13(9)11/h2-7,14H,1H3. The molecule has 5 heteroatoms. The van der Waals surface area contributed by atoms with E-state index < -0.39 is 0 Å². The number of hydrogen-bond acceptors (Lipinski definition) is 3. The van der Waals surface area contributed by atoms with Crippen molar-refractivity contribution < 1.29 is 9.66 Å². The van der Waals surface area contributed by atoms with Crippen molar-refractivity contribution in [3.63, 3.8) is 0 Å². The van der Waals surface area contributed by atoms with Crippen LogP contribution in [0.1, 0.15) is 0 Å². The maximum Gasteiger partial charge on any atom is 0.293 e. The third kappa shape index (κ3) is 1.34. The number of nitro groups is 1. The van der Waals surface area contributed by atoms with E-state index in [9.17, 15) is 10.1 Å². The van der Waals surface area contributed by atoms with Crippen molar-refractivity contribution in [3.8, 4) is 5.75 Å². The molecule has 1 heterocycles. The predicted octanol–water partition coefficient (Wildman–Crippen LogP) is 3.24. The summed E-state index contributed by atoms with van der Waals surface area (Å²) in [6.07, 6.45) is 0. The van der Waals surface area contributed by atoms with Crippen LogP contribution in [0, 0.1) is 10.1 Å². The third-order valence-electron chi connectivity index (χ3n) is 3.03. The highest BCUT2D eigenvalue weighted by Gasteiger charge is 2.16. The Balaban J connectivity index is 2.50. The third-order valence-corrected chi connectivity index (χ3v) is 3.03. The Labute approximate surface area is 102 Å². The van der Waals surface area contributed by atoms with E-state index in [4.69, 9.17) is 4.74 Å². The van der Waals surface area contributed by atoms with Gasteiger partial charge in [-0.15, -0.1) is 0 Å². The second-order valence-corrected chi connectivity index (χ2v) is 3.96. The number of nitro benzene ring substituents is 1. The maximum atomic E-state index is 11.0. The molecule has 0 spiro atoms. The molecule has 3 aromatic rings. The number of aromatic amines is 1. The van der Waals surface area contributed by atoms with Crippen LogP contribution >= 0.6 is 0 Å². The van der Waals surface area contributed by atoms with E-state index in [1.807, 2.05) is 24.3 Å². The Hall–Kier alpha value is -2.56. The van der Waals surface area contributed by atoms with Gasteiger partial charge in [-0.3, -0.25) is 10.1 Å². The second-order valence-electron chi connectivity index (χ2n) is 3.96. The zero-order chi connectivity index (χ0) is 12.7. The molecule has 0 saturated heterocycles. The SMILES string of the molecule is COc1cccc2c1[nH]c1c([N+](=O)[O-])cccc12. The Bertz CT molecular complexity index is 761. The summed E-state index contributed by atoms with van der Waals surface area (Å²) in [5.41, 5.74) is 1.39. The van der Waals surface area contributed by atoms with Gasteiger partial charge in [-0.1, -0.05) is 24.3 Å². The zero-order valence-electron chi connectivity index (χ0n) is 9.64. The van der Waals surface area contributed by atoms with Crippen molar-refractivity contribution in [2.75, 3.05) is 7.11 Å². The second kappa shape index (κ2) is 3.73. The highest BCUT2D eigenvalue weighted by atomic mass is 16.6. The van der Waals surface area contributed by atoms with Crippen molar-refractivity contribution in [3.05, 3.63) is 46.5 Å². The highest BCUT2D eigenvalue weighted by Crippen LogP contribution is 2.35. The van der Waals surface area contributed by atoms with Crippen LogP contribution in [0.5, 0.6) is 5.75 Å². The smallest absolute Gasteiger partial charge is 0.293 e. The average Bonchev–Trinajstić information content (AvgIpc) is 2.76. The Morgan fingerprint density at radius 3 is 2.44 bits per heavy atom. The monoisotopic (exact) mass is 242 g/mol. The number of benzene rings is 2. The topological polar surface area (TPSA) is 68.2 Å². The Kier molecular flexibility index (Phi) is 2.19. The van der Waals surface area contributed by atoms with Gasteiger partial charge in [0.1, 0.15) is 11.3 Å². The lowest BCUT2D eigenvalue weighted by atomic mass is 10.1. The summed E-state index contributed by atoms with van der Waals surface area (Å²) in [6.45, 7) is 0. The average molecular weight is 242 g/mol. The van der Waals surface area contributed by atoms with E-state index in [-0.39, 0.29) is 10.6 Å². The molecule has 5 nitrogen and oxygen atoms in total. The Morgan fingerprint density at radius 2 is 1.78 bits per heavy atom. The Morgan fingerprint density at radius 1 is 1.11 bits per heavy atom. The van der Waals surface area contributed by atoms with Gasteiger partial charge >= 0.3 is 0 Å². The van der Waals surface area contributed by atoms with Gasteiger partial charge in [0.05, 0.1) is 17.5 Å². The number of nitrogens with zero attached hydrogens (tertiary/aromatic N) is 1. The molecule has 0 fully saturated rings.